The number of anilines is 1. The van der Waals surface area contributed by atoms with E-state index in [1.807, 2.05) is 18.9 Å². The molecule has 0 fully saturated rings. The van der Waals surface area contributed by atoms with Gasteiger partial charge in [-0.3, -0.25) is 4.98 Å². The molecular formula is C12H13N3O2S. The molecule has 0 bridgehead atoms. The van der Waals surface area contributed by atoms with Crippen LogP contribution in [0.5, 0.6) is 0 Å². The zero-order chi connectivity index (χ0) is 13.1. The molecule has 2 heterocycles. The molecule has 2 aromatic heterocycles. The van der Waals surface area contributed by atoms with Gasteiger partial charge < -0.3 is 10.0 Å². The molecular weight excluding hydrogens is 250 g/mol. The SMILES string of the molecule is Cc1ncsc1CN(C)c1ccncc1C(=O)O. The minimum absolute atomic E-state index is 0.210. The van der Waals surface area contributed by atoms with Gasteiger partial charge in [0.25, 0.3) is 0 Å². The minimum Gasteiger partial charge on any atom is -0.478 e. The maximum absolute atomic E-state index is 11.1. The highest BCUT2D eigenvalue weighted by Crippen LogP contribution is 2.22. The third-order valence-electron chi connectivity index (χ3n) is 2.67. The van der Waals surface area contributed by atoms with Gasteiger partial charge in [-0.25, -0.2) is 9.78 Å². The lowest BCUT2D eigenvalue weighted by Gasteiger charge is -2.20. The van der Waals surface area contributed by atoms with E-state index in [9.17, 15) is 4.79 Å². The summed E-state index contributed by atoms with van der Waals surface area (Å²) in [4.78, 5) is 22.2. The Hall–Kier alpha value is -1.95. The molecule has 1 N–H and O–H groups in total. The van der Waals surface area contributed by atoms with Gasteiger partial charge in [-0.15, -0.1) is 11.3 Å². The maximum atomic E-state index is 11.1. The summed E-state index contributed by atoms with van der Waals surface area (Å²) in [5, 5.41) is 9.12. The Balaban J connectivity index is 2.26. The minimum atomic E-state index is -0.967. The van der Waals surface area contributed by atoms with Gasteiger partial charge in [0.2, 0.25) is 0 Å². The fourth-order valence-corrected chi connectivity index (χ4v) is 2.49. The quantitative estimate of drug-likeness (QED) is 0.915. The second kappa shape index (κ2) is 5.14. The van der Waals surface area contributed by atoms with Gasteiger partial charge in [-0.1, -0.05) is 0 Å². The van der Waals surface area contributed by atoms with Crippen LogP contribution in [-0.2, 0) is 6.54 Å². The molecule has 18 heavy (non-hydrogen) atoms. The summed E-state index contributed by atoms with van der Waals surface area (Å²) in [6.45, 7) is 2.59. The molecule has 0 amide bonds. The van der Waals surface area contributed by atoms with Crippen LogP contribution in [0.4, 0.5) is 5.69 Å². The van der Waals surface area contributed by atoms with Crippen LogP contribution in [0.2, 0.25) is 0 Å². The predicted octanol–water partition coefficient (Wildman–Crippen LogP) is 2.18. The van der Waals surface area contributed by atoms with Gasteiger partial charge >= 0.3 is 5.97 Å². The highest BCUT2D eigenvalue weighted by molar-refractivity contribution is 7.09. The number of rotatable bonds is 4. The van der Waals surface area contributed by atoms with Crippen molar-refractivity contribution in [1.82, 2.24) is 9.97 Å². The van der Waals surface area contributed by atoms with Crippen molar-refractivity contribution in [2.75, 3.05) is 11.9 Å². The molecule has 0 aliphatic heterocycles. The van der Waals surface area contributed by atoms with E-state index in [-0.39, 0.29) is 5.56 Å². The van der Waals surface area contributed by atoms with Crippen LogP contribution in [0.25, 0.3) is 0 Å². The second-order valence-corrected chi connectivity index (χ2v) is 4.85. The van der Waals surface area contributed by atoms with Crippen molar-refractivity contribution < 1.29 is 9.90 Å². The zero-order valence-corrected chi connectivity index (χ0v) is 10.9. The first-order valence-electron chi connectivity index (χ1n) is 5.37. The summed E-state index contributed by atoms with van der Waals surface area (Å²) < 4.78 is 0. The summed E-state index contributed by atoms with van der Waals surface area (Å²) in [5.74, 6) is -0.967. The number of nitrogens with zero attached hydrogens (tertiary/aromatic N) is 3. The number of aromatic carboxylic acids is 1. The van der Waals surface area contributed by atoms with Crippen LogP contribution in [-0.4, -0.2) is 28.1 Å². The Morgan fingerprint density at radius 2 is 2.33 bits per heavy atom. The van der Waals surface area contributed by atoms with Crippen LogP contribution < -0.4 is 4.90 Å². The predicted molar refractivity (Wildman–Crippen MR) is 70.2 cm³/mol. The number of aromatic nitrogens is 2. The molecule has 0 atom stereocenters. The van der Waals surface area contributed by atoms with Crippen molar-refractivity contribution in [1.29, 1.82) is 0 Å². The van der Waals surface area contributed by atoms with Gasteiger partial charge in [0.1, 0.15) is 5.56 Å². The summed E-state index contributed by atoms with van der Waals surface area (Å²) in [5.41, 5.74) is 3.65. The van der Waals surface area contributed by atoms with Crippen molar-refractivity contribution in [2.45, 2.75) is 13.5 Å². The van der Waals surface area contributed by atoms with Crippen LogP contribution in [0.3, 0.4) is 0 Å². The first-order valence-corrected chi connectivity index (χ1v) is 6.25. The van der Waals surface area contributed by atoms with Crippen molar-refractivity contribution in [3.63, 3.8) is 0 Å². The van der Waals surface area contributed by atoms with E-state index in [2.05, 4.69) is 9.97 Å². The number of carboxylic acid groups (broad SMARTS) is 1. The largest absolute Gasteiger partial charge is 0.478 e. The number of hydrogen-bond donors (Lipinski definition) is 1. The summed E-state index contributed by atoms with van der Waals surface area (Å²) >= 11 is 1.57. The standard InChI is InChI=1S/C12H13N3O2S/c1-8-11(18-7-14-8)6-15(2)10-3-4-13-5-9(10)12(16)17/h3-5,7H,6H2,1-2H3,(H,16,17). The summed E-state index contributed by atoms with van der Waals surface area (Å²) in [7, 11) is 1.86. The Labute approximate surface area is 109 Å². The molecule has 2 rings (SSSR count). The monoisotopic (exact) mass is 263 g/mol. The number of carbonyl (C=O) groups is 1. The third-order valence-corrected chi connectivity index (χ3v) is 3.59. The van der Waals surface area contributed by atoms with E-state index in [1.165, 1.54) is 6.20 Å². The molecule has 2 aromatic rings. The van der Waals surface area contributed by atoms with Gasteiger partial charge in [-0.05, 0) is 13.0 Å². The average molecular weight is 263 g/mol. The average Bonchev–Trinajstić information content (AvgIpc) is 2.75. The maximum Gasteiger partial charge on any atom is 0.339 e. The fraction of sp³-hybridized carbons (Fsp3) is 0.250. The number of aryl methyl sites for hydroxylation is 1. The highest BCUT2D eigenvalue weighted by atomic mass is 32.1. The Kier molecular flexibility index (Phi) is 3.57. The highest BCUT2D eigenvalue weighted by Gasteiger charge is 2.14. The molecule has 0 saturated carbocycles. The van der Waals surface area contributed by atoms with Crippen molar-refractivity contribution in [2.24, 2.45) is 0 Å². The Bertz CT molecular complexity index is 568. The van der Waals surface area contributed by atoms with Gasteiger partial charge in [0, 0.05) is 24.3 Å². The van der Waals surface area contributed by atoms with E-state index in [1.54, 1.807) is 29.1 Å². The van der Waals surface area contributed by atoms with Gasteiger partial charge in [0.15, 0.2) is 0 Å². The van der Waals surface area contributed by atoms with E-state index < -0.39 is 5.97 Å². The van der Waals surface area contributed by atoms with Gasteiger partial charge in [0.05, 0.1) is 23.4 Å². The molecule has 0 radical (unpaired) electrons. The lowest BCUT2D eigenvalue weighted by Crippen LogP contribution is -2.19. The molecule has 94 valence electrons. The lowest BCUT2D eigenvalue weighted by molar-refractivity contribution is 0.0697. The van der Waals surface area contributed by atoms with E-state index in [4.69, 9.17) is 5.11 Å². The zero-order valence-electron chi connectivity index (χ0n) is 10.1. The molecule has 6 heteroatoms. The van der Waals surface area contributed by atoms with Crippen molar-refractivity contribution >= 4 is 23.0 Å². The smallest absolute Gasteiger partial charge is 0.339 e. The second-order valence-electron chi connectivity index (χ2n) is 3.91. The van der Waals surface area contributed by atoms with Crippen LogP contribution in [0.15, 0.2) is 24.0 Å². The van der Waals surface area contributed by atoms with Crippen molar-refractivity contribution in [3.05, 3.63) is 40.1 Å². The number of pyridine rings is 1. The van der Waals surface area contributed by atoms with E-state index in [0.29, 0.717) is 12.2 Å². The number of thiazole rings is 1. The third kappa shape index (κ3) is 2.48. The first-order chi connectivity index (χ1) is 8.59. The van der Waals surface area contributed by atoms with Crippen LogP contribution >= 0.6 is 11.3 Å². The molecule has 0 aliphatic carbocycles. The lowest BCUT2D eigenvalue weighted by atomic mass is 10.2. The first kappa shape index (κ1) is 12.5. The van der Waals surface area contributed by atoms with E-state index in [0.717, 1.165) is 10.6 Å². The van der Waals surface area contributed by atoms with Crippen LogP contribution in [0, 0.1) is 6.92 Å². The van der Waals surface area contributed by atoms with Gasteiger partial charge in [-0.2, -0.15) is 0 Å². The number of hydrogen-bond acceptors (Lipinski definition) is 5. The summed E-state index contributed by atoms with van der Waals surface area (Å²) in [6.07, 6.45) is 2.96. The molecule has 5 nitrogen and oxygen atoms in total. The molecule has 0 saturated heterocycles. The fourth-order valence-electron chi connectivity index (χ4n) is 1.66. The normalized spacial score (nSPS) is 10.3. The topological polar surface area (TPSA) is 66.3 Å². The Morgan fingerprint density at radius 3 is 2.94 bits per heavy atom. The molecule has 0 aliphatic rings. The summed E-state index contributed by atoms with van der Waals surface area (Å²) in [6, 6.07) is 1.71. The molecule has 0 aromatic carbocycles. The van der Waals surface area contributed by atoms with Crippen LogP contribution in [0.1, 0.15) is 20.9 Å². The molecule has 0 unspecified atom stereocenters. The van der Waals surface area contributed by atoms with E-state index >= 15 is 0 Å². The Morgan fingerprint density at radius 1 is 1.56 bits per heavy atom. The number of carboxylic acids is 1. The molecule has 0 spiro atoms. The van der Waals surface area contributed by atoms with Crippen molar-refractivity contribution in [3.8, 4) is 0 Å².